The van der Waals surface area contributed by atoms with Gasteiger partial charge in [0, 0.05) is 13.1 Å². The van der Waals surface area contributed by atoms with Crippen LogP contribution in [0.3, 0.4) is 0 Å². The second-order valence-corrected chi connectivity index (χ2v) is 6.03. The van der Waals surface area contributed by atoms with E-state index in [2.05, 4.69) is 10.5 Å². The molecule has 0 saturated carbocycles. The molecule has 2 aromatic carbocycles. The molecule has 1 heterocycles. The van der Waals surface area contributed by atoms with E-state index in [4.69, 9.17) is 9.47 Å². The molecule has 1 fully saturated rings. The Kier molecular flexibility index (Phi) is 6.75. The van der Waals surface area contributed by atoms with Gasteiger partial charge in [0.25, 0.3) is 5.91 Å². The SMILES string of the molecule is O=C(CN1CCOCC1)N/N=C/c1ccc(OCc2ccccc2)cc1. The maximum atomic E-state index is 11.8. The second kappa shape index (κ2) is 9.70. The minimum Gasteiger partial charge on any atom is -0.489 e. The van der Waals surface area contributed by atoms with E-state index in [0.717, 1.165) is 30.0 Å². The lowest BCUT2D eigenvalue weighted by molar-refractivity contribution is -0.123. The van der Waals surface area contributed by atoms with Gasteiger partial charge >= 0.3 is 0 Å². The average Bonchev–Trinajstić information content (AvgIpc) is 2.69. The summed E-state index contributed by atoms with van der Waals surface area (Å²) < 4.78 is 11.0. The normalized spacial score (nSPS) is 15.1. The highest BCUT2D eigenvalue weighted by atomic mass is 16.5. The minimum atomic E-state index is -0.119. The number of benzene rings is 2. The second-order valence-electron chi connectivity index (χ2n) is 6.03. The van der Waals surface area contributed by atoms with Gasteiger partial charge < -0.3 is 9.47 Å². The smallest absolute Gasteiger partial charge is 0.254 e. The molecule has 0 bridgehead atoms. The number of rotatable bonds is 7. The van der Waals surface area contributed by atoms with Crippen LogP contribution in [-0.2, 0) is 16.1 Å². The topological polar surface area (TPSA) is 63.2 Å². The fourth-order valence-electron chi connectivity index (χ4n) is 2.57. The summed E-state index contributed by atoms with van der Waals surface area (Å²) in [7, 11) is 0. The van der Waals surface area contributed by atoms with Gasteiger partial charge in [0.15, 0.2) is 0 Å². The molecule has 6 heteroatoms. The molecular formula is C20H23N3O3. The van der Waals surface area contributed by atoms with E-state index in [0.29, 0.717) is 26.4 Å². The number of ether oxygens (including phenoxy) is 2. The Morgan fingerprint density at radius 1 is 1.12 bits per heavy atom. The lowest BCUT2D eigenvalue weighted by Gasteiger charge is -2.25. The summed E-state index contributed by atoms with van der Waals surface area (Å²) in [5, 5.41) is 4.01. The van der Waals surface area contributed by atoms with Crippen molar-refractivity contribution in [2.45, 2.75) is 6.61 Å². The summed E-state index contributed by atoms with van der Waals surface area (Å²) in [6, 6.07) is 17.6. The highest BCUT2D eigenvalue weighted by Gasteiger charge is 2.13. The van der Waals surface area contributed by atoms with Gasteiger partial charge in [-0.15, -0.1) is 0 Å². The number of nitrogens with one attached hydrogen (secondary N) is 1. The van der Waals surface area contributed by atoms with Gasteiger partial charge in [-0.05, 0) is 35.4 Å². The van der Waals surface area contributed by atoms with Crippen LogP contribution in [0.1, 0.15) is 11.1 Å². The highest BCUT2D eigenvalue weighted by molar-refractivity contribution is 5.83. The van der Waals surface area contributed by atoms with Crippen molar-refractivity contribution in [3.63, 3.8) is 0 Å². The molecule has 0 unspecified atom stereocenters. The van der Waals surface area contributed by atoms with E-state index in [9.17, 15) is 4.79 Å². The van der Waals surface area contributed by atoms with Crippen LogP contribution in [0.4, 0.5) is 0 Å². The van der Waals surface area contributed by atoms with Crippen molar-refractivity contribution >= 4 is 12.1 Å². The number of carbonyl (C=O) groups excluding carboxylic acids is 1. The van der Waals surface area contributed by atoms with Gasteiger partial charge in [-0.1, -0.05) is 30.3 Å². The Hall–Kier alpha value is -2.70. The van der Waals surface area contributed by atoms with Gasteiger partial charge in [0.1, 0.15) is 12.4 Å². The van der Waals surface area contributed by atoms with Crippen molar-refractivity contribution < 1.29 is 14.3 Å². The standard InChI is InChI=1S/C20H23N3O3/c24-20(15-23-10-12-25-13-11-23)22-21-14-17-6-8-19(9-7-17)26-16-18-4-2-1-3-5-18/h1-9,14H,10-13,15-16H2,(H,22,24)/b21-14+. The first-order chi connectivity index (χ1) is 12.8. The monoisotopic (exact) mass is 353 g/mol. The molecule has 0 atom stereocenters. The molecule has 6 nitrogen and oxygen atoms in total. The Morgan fingerprint density at radius 3 is 2.58 bits per heavy atom. The summed E-state index contributed by atoms with van der Waals surface area (Å²) in [4.78, 5) is 13.9. The molecular weight excluding hydrogens is 330 g/mol. The molecule has 1 N–H and O–H groups in total. The number of carbonyl (C=O) groups is 1. The summed E-state index contributed by atoms with van der Waals surface area (Å²) >= 11 is 0. The van der Waals surface area contributed by atoms with E-state index in [-0.39, 0.29) is 5.91 Å². The first kappa shape index (κ1) is 18.1. The van der Waals surface area contributed by atoms with Crippen LogP contribution >= 0.6 is 0 Å². The Balaban J connectivity index is 1.41. The van der Waals surface area contributed by atoms with Crippen LogP contribution < -0.4 is 10.2 Å². The third-order valence-corrected chi connectivity index (χ3v) is 4.00. The van der Waals surface area contributed by atoms with Crippen molar-refractivity contribution in [3.8, 4) is 5.75 Å². The summed E-state index contributed by atoms with van der Waals surface area (Å²) in [5.74, 6) is 0.674. The van der Waals surface area contributed by atoms with Crippen LogP contribution in [0.2, 0.25) is 0 Å². The van der Waals surface area contributed by atoms with E-state index in [1.54, 1.807) is 6.21 Å². The summed E-state index contributed by atoms with van der Waals surface area (Å²) in [6.07, 6.45) is 1.62. The zero-order chi connectivity index (χ0) is 18.0. The van der Waals surface area contributed by atoms with Gasteiger partial charge in [0.05, 0.1) is 26.0 Å². The fourth-order valence-corrected chi connectivity index (χ4v) is 2.57. The molecule has 1 aliphatic heterocycles. The van der Waals surface area contributed by atoms with Crippen molar-refractivity contribution in [2.75, 3.05) is 32.8 Å². The van der Waals surface area contributed by atoms with Crippen LogP contribution in [-0.4, -0.2) is 49.9 Å². The van der Waals surface area contributed by atoms with E-state index in [1.165, 1.54) is 0 Å². The number of amides is 1. The quantitative estimate of drug-likeness (QED) is 0.611. The van der Waals surface area contributed by atoms with E-state index >= 15 is 0 Å². The van der Waals surface area contributed by atoms with E-state index < -0.39 is 0 Å². The molecule has 0 aliphatic carbocycles. The minimum absolute atomic E-state index is 0.119. The maximum absolute atomic E-state index is 11.8. The Bertz CT molecular complexity index is 711. The largest absolute Gasteiger partial charge is 0.489 e. The van der Waals surface area contributed by atoms with Crippen molar-refractivity contribution in [1.29, 1.82) is 0 Å². The van der Waals surface area contributed by atoms with E-state index in [1.807, 2.05) is 59.5 Å². The maximum Gasteiger partial charge on any atom is 0.254 e. The summed E-state index contributed by atoms with van der Waals surface area (Å²) in [5.41, 5.74) is 4.57. The molecule has 2 aromatic rings. The lowest BCUT2D eigenvalue weighted by Crippen LogP contribution is -2.42. The number of hydrogen-bond acceptors (Lipinski definition) is 5. The molecule has 0 spiro atoms. The van der Waals surface area contributed by atoms with Gasteiger partial charge in [-0.2, -0.15) is 5.10 Å². The molecule has 0 radical (unpaired) electrons. The van der Waals surface area contributed by atoms with Gasteiger partial charge in [-0.3, -0.25) is 9.69 Å². The first-order valence-electron chi connectivity index (χ1n) is 8.68. The zero-order valence-electron chi connectivity index (χ0n) is 14.6. The predicted octanol–water partition coefficient (Wildman–Crippen LogP) is 2.05. The number of morpholine rings is 1. The molecule has 26 heavy (non-hydrogen) atoms. The number of hydrazone groups is 1. The van der Waals surface area contributed by atoms with Crippen LogP contribution in [0.15, 0.2) is 59.7 Å². The van der Waals surface area contributed by atoms with Crippen molar-refractivity contribution in [3.05, 3.63) is 65.7 Å². The van der Waals surface area contributed by atoms with Crippen LogP contribution in [0.5, 0.6) is 5.75 Å². The molecule has 1 amide bonds. The highest BCUT2D eigenvalue weighted by Crippen LogP contribution is 2.13. The molecule has 136 valence electrons. The third kappa shape index (κ3) is 5.98. The molecule has 3 rings (SSSR count). The van der Waals surface area contributed by atoms with Crippen molar-refractivity contribution in [2.24, 2.45) is 5.10 Å². The summed E-state index contributed by atoms with van der Waals surface area (Å²) in [6.45, 7) is 3.78. The molecule has 1 saturated heterocycles. The third-order valence-electron chi connectivity index (χ3n) is 4.00. The fraction of sp³-hybridized carbons (Fsp3) is 0.300. The van der Waals surface area contributed by atoms with Gasteiger partial charge in [0.2, 0.25) is 0 Å². The molecule has 1 aliphatic rings. The predicted molar refractivity (Wildman–Crippen MR) is 100 cm³/mol. The Morgan fingerprint density at radius 2 is 1.85 bits per heavy atom. The number of nitrogens with zero attached hydrogens (tertiary/aromatic N) is 2. The van der Waals surface area contributed by atoms with Gasteiger partial charge in [-0.25, -0.2) is 5.43 Å². The van der Waals surface area contributed by atoms with Crippen LogP contribution in [0, 0.1) is 0 Å². The molecule has 0 aromatic heterocycles. The Labute approximate surface area is 153 Å². The van der Waals surface area contributed by atoms with Crippen LogP contribution in [0.25, 0.3) is 0 Å². The lowest BCUT2D eigenvalue weighted by atomic mass is 10.2. The van der Waals surface area contributed by atoms with Crippen molar-refractivity contribution in [1.82, 2.24) is 10.3 Å². The zero-order valence-corrected chi connectivity index (χ0v) is 14.6. The first-order valence-corrected chi connectivity index (χ1v) is 8.68. The average molecular weight is 353 g/mol. The number of hydrogen-bond donors (Lipinski definition) is 1.